The Morgan fingerprint density at radius 2 is 1.30 bits per heavy atom. The molecule has 1 unspecified atom stereocenters. The molecule has 0 aliphatic heterocycles. The summed E-state index contributed by atoms with van der Waals surface area (Å²) >= 11 is 0. The van der Waals surface area contributed by atoms with Crippen LogP contribution in [0.25, 0.3) is 33.5 Å². The molecule has 9 rings (SSSR count). The van der Waals surface area contributed by atoms with E-state index in [0.717, 1.165) is 71.0 Å². The number of carbonyl (C=O) groups is 2. The molecule has 1 aliphatic carbocycles. The highest BCUT2D eigenvalue weighted by Crippen LogP contribution is 2.40. The normalized spacial score (nSPS) is 13.6. The van der Waals surface area contributed by atoms with Crippen molar-refractivity contribution in [2.45, 2.75) is 63.5 Å². The highest BCUT2D eigenvalue weighted by molar-refractivity contribution is 6.02. The van der Waals surface area contributed by atoms with Gasteiger partial charge in [0.25, 0.3) is 6.01 Å². The molecule has 6 aromatic carbocycles. The first-order valence-electron chi connectivity index (χ1n) is 21.2. The van der Waals surface area contributed by atoms with Gasteiger partial charge in [0.15, 0.2) is 5.54 Å². The van der Waals surface area contributed by atoms with Gasteiger partial charge in [-0.3, -0.25) is 4.57 Å². The third-order valence-corrected chi connectivity index (χ3v) is 11.5. The molecule has 1 saturated carbocycles. The van der Waals surface area contributed by atoms with Crippen LogP contribution in [0.2, 0.25) is 0 Å². The van der Waals surface area contributed by atoms with Crippen LogP contribution in [-0.4, -0.2) is 61.4 Å². The summed E-state index contributed by atoms with van der Waals surface area (Å²) in [6, 6.07) is 52.5. The minimum absolute atomic E-state index is 0.181. The zero-order valence-electron chi connectivity index (χ0n) is 35.0. The van der Waals surface area contributed by atoms with E-state index in [9.17, 15) is 9.59 Å². The van der Waals surface area contributed by atoms with Gasteiger partial charge in [0.1, 0.15) is 6.10 Å². The Labute approximate surface area is 365 Å². The number of hydrogen-bond acceptors (Lipinski definition) is 10. The summed E-state index contributed by atoms with van der Waals surface area (Å²) in [5.41, 5.74) is 7.05. The number of methoxy groups -OCH3 is 1. The van der Waals surface area contributed by atoms with Gasteiger partial charge in [-0.15, -0.1) is 15.0 Å². The van der Waals surface area contributed by atoms with E-state index in [0.29, 0.717) is 29.4 Å². The summed E-state index contributed by atoms with van der Waals surface area (Å²) in [5, 5.41) is 14.7. The van der Waals surface area contributed by atoms with E-state index in [1.54, 1.807) is 23.0 Å². The molecule has 0 spiro atoms. The maximum atomic E-state index is 13.6. The summed E-state index contributed by atoms with van der Waals surface area (Å²) < 4.78 is 23.9. The van der Waals surface area contributed by atoms with Gasteiger partial charge in [0, 0.05) is 12.5 Å². The SMILES string of the molecule is COc1nc2cccc(C(=O)OC(C)OC(=O)OC3CCCCC3)c2n1Cc1ccc(-c2ccccc2-c2nnn(C(c3ccccc3)(c3ccccc3)c3ccccc3)n2)cc1. The molecule has 0 radical (unpaired) electrons. The third kappa shape index (κ3) is 8.27. The van der Waals surface area contributed by atoms with Crippen LogP contribution in [0.5, 0.6) is 6.01 Å². The maximum absolute atomic E-state index is 13.6. The molecule has 0 N–H and O–H groups in total. The highest BCUT2D eigenvalue weighted by Gasteiger charge is 2.41. The largest absolute Gasteiger partial charge is 0.511 e. The van der Waals surface area contributed by atoms with E-state index >= 15 is 0 Å². The molecule has 2 heterocycles. The Morgan fingerprint density at radius 1 is 0.698 bits per heavy atom. The number of rotatable bonds is 13. The van der Waals surface area contributed by atoms with Crippen molar-refractivity contribution < 1.29 is 28.5 Å². The predicted octanol–water partition coefficient (Wildman–Crippen LogP) is 10.2. The zero-order valence-corrected chi connectivity index (χ0v) is 35.0. The van der Waals surface area contributed by atoms with Gasteiger partial charge in [-0.25, -0.2) is 9.59 Å². The van der Waals surface area contributed by atoms with Crippen LogP contribution in [0.15, 0.2) is 158 Å². The van der Waals surface area contributed by atoms with E-state index in [-0.39, 0.29) is 11.7 Å². The fraction of sp³-hybridized carbons (Fsp3) is 0.216. The highest BCUT2D eigenvalue weighted by atomic mass is 16.8. The number of benzene rings is 6. The molecule has 12 heteroatoms. The quantitative estimate of drug-likeness (QED) is 0.0628. The van der Waals surface area contributed by atoms with Crippen LogP contribution in [0.4, 0.5) is 4.79 Å². The number of nitrogens with zero attached hydrogens (tertiary/aromatic N) is 6. The lowest BCUT2D eigenvalue weighted by atomic mass is 9.77. The van der Waals surface area contributed by atoms with Gasteiger partial charge in [-0.05, 0) is 76.4 Å². The predicted molar refractivity (Wildman–Crippen MR) is 238 cm³/mol. The van der Waals surface area contributed by atoms with Crippen molar-refractivity contribution in [1.29, 1.82) is 0 Å². The fourth-order valence-electron chi connectivity index (χ4n) is 8.60. The van der Waals surface area contributed by atoms with Gasteiger partial charge in [-0.1, -0.05) is 152 Å². The fourth-order valence-corrected chi connectivity index (χ4v) is 8.60. The van der Waals surface area contributed by atoms with Crippen LogP contribution in [-0.2, 0) is 26.3 Å². The monoisotopic (exact) mass is 838 g/mol. The molecule has 0 bridgehead atoms. The van der Waals surface area contributed by atoms with Crippen molar-refractivity contribution in [2.24, 2.45) is 0 Å². The van der Waals surface area contributed by atoms with Gasteiger partial charge in [-0.2, -0.15) is 4.98 Å². The Morgan fingerprint density at radius 3 is 1.92 bits per heavy atom. The lowest BCUT2D eigenvalue weighted by molar-refractivity contribution is -0.0914. The second kappa shape index (κ2) is 18.2. The first-order chi connectivity index (χ1) is 30.9. The smallest absolute Gasteiger partial charge is 0.468 e. The molecule has 63 heavy (non-hydrogen) atoms. The van der Waals surface area contributed by atoms with E-state index < -0.39 is 24.0 Å². The first-order valence-corrected chi connectivity index (χ1v) is 21.2. The van der Waals surface area contributed by atoms with Crippen molar-refractivity contribution in [2.75, 3.05) is 7.11 Å². The molecule has 8 aromatic rings. The topological polar surface area (TPSA) is 132 Å². The van der Waals surface area contributed by atoms with E-state index in [4.69, 9.17) is 34.4 Å². The summed E-state index contributed by atoms with van der Waals surface area (Å²) in [4.78, 5) is 32.5. The standard InChI is InChI=1S/C51H46N6O6/c1-35(62-50(59)63-41-24-13-6-14-25-41)61-48(58)44-28-17-29-45-46(44)56(49(52-45)60-2)34-36-30-32-37(33-31-36)42-26-15-16-27-43(42)47-53-55-57(54-47)51(38-18-7-3-8-19-38,39-20-9-4-10-21-39)40-22-11-5-12-23-40/h3-5,7-12,15-23,26-33,35,41H,6,13-14,24-25,34H2,1-2H3. The number of fused-ring (bicyclic) bond motifs is 1. The summed E-state index contributed by atoms with van der Waals surface area (Å²) in [6.45, 7) is 1.82. The van der Waals surface area contributed by atoms with Gasteiger partial charge in [0.05, 0.1) is 30.3 Å². The molecule has 1 fully saturated rings. The van der Waals surface area contributed by atoms with E-state index in [1.165, 1.54) is 14.0 Å². The summed E-state index contributed by atoms with van der Waals surface area (Å²) in [5.74, 6) is -0.190. The minimum atomic E-state index is -1.17. The Balaban J connectivity index is 0.994. The molecule has 316 valence electrons. The second-order valence-corrected chi connectivity index (χ2v) is 15.5. The van der Waals surface area contributed by atoms with Crippen LogP contribution in [0.3, 0.4) is 0 Å². The number of hydrogen-bond donors (Lipinski definition) is 0. The summed E-state index contributed by atoms with van der Waals surface area (Å²) in [7, 11) is 1.54. The van der Waals surface area contributed by atoms with Crippen molar-refractivity contribution in [3.63, 3.8) is 0 Å². The number of imidazole rings is 1. The van der Waals surface area contributed by atoms with Gasteiger partial charge < -0.3 is 18.9 Å². The van der Waals surface area contributed by atoms with Crippen molar-refractivity contribution >= 4 is 23.2 Å². The van der Waals surface area contributed by atoms with Gasteiger partial charge in [0.2, 0.25) is 12.1 Å². The Kier molecular flexibility index (Phi) is 11.8. The van der Waals surface area contributed by atoms with Crippen molar-refractivity contribution in [3.8, 4) is 28.5 Å². The lowest BCUT2D eigenvalue weighted by Gasteiger charge is -2.34. The van der Waals surface area contributed by atoms with Crippen LogP contribution < -0.4 is 4.74 Å². The van der Waals surface area contributed by atoms with E-state index in [2.05, 4.69) is 47.4 Å². The minimum Gasteiger partial charge on any atom is -0.468 e. The average molecular weight is 839 g/mol. The van der Waals surface area contributed by atoms with Crippen LogP contribution >= 0.6 is 0 Å². The lowest BCUT2D eigenvalue weighted by Crippen LogP contribution is -2.39. The molecule has 2 aromatic heterocycles. The number of esters is 1. The number of tetrazole rings is 1. The molecular formula is C51H46N6O6. The number of carbonyl (C=O) groups excluding carboxylic acids is 2. The van der Waals surface area contributed by atoms with Crippen molar-refractivity contribution in [1.82, 2.24) is 29.8 Å². The molecule has 0 saturated heterocycles. The van der Waals surface area contributed by atoms with E-state index in [1.807, 2.05) is 102 Å². The number of para-hydroxylation sites is 1. The molecule has 12 nitrogen and oxygen atoms in total. The molecular weight excluding hydrogens is 793 g/mol. The zero-order chi connectivity index (χ0) is 43.2. The van der Waals surface area contributed by atoms with Crippen LogP contribution in [0, 0.1) is 0 Å². The van der Waals surface area contributed by atoms with Gasteiger partial charge >= 0.3 is 12.1 Å². The Bertz CT molecular complexity index is 2720. The average Bonchev–Trinajstić information content (AvgIpc) is 3.96. The molecule has 1 aliphatic rings. The Hall–Kier alpha value is -7.60. The maximum Gasteiger partial charge on any atom is 0.511 e. The summed E-state index contributed by atoms with van der Waals surface area (Å²) in [6.07, 6.45) is 2.54. The second-order valence-electron chi connectivity index (χ2n) is 15.5. The molecule has 0 amide bonds. The number of ether oxygens (including phenoxy) is 4. The van der Waals surface area contributed by atoms with Crippen LogP contribution in [0.1, 0.15) is 71.6 Å². The molecule has 1 atom stereocenters. The third-order valence-electron chi connectivity index (χ3n) is 11.5. The first kappa shape index (κ1) is 40.8. The van der Waals surface area contributed by atoms with Crippen molar-refractivity contribution in [3.05, 3.63) is 186 Å². The number of aromatic nitrogens is 6.